The molecular formula is C27H24Cl2FN7O3S. The van der Waals surface area contributed by atoms with E-state index < -0.39 is 5.82 Å². The lowest BCUT2D eigenvalue weighted by Gasteiger charge is -2.47. The standard InChI is InChI=1S/C27H24Cl2FN7O3S/c1-12-18-6-9-40-22-15(10-16(28)19(20(22)29)14-4-5-17(30)23-21(14)33-26(31)41-23)25(38)36(18)8-7-35(12)27(39)37-11-32-34-24(37)13-2-3-13/h4-5,10-13,18H,2-3,6-9H2,1H3,(H2,31,33). The highest BCUT2D eigenvalue weighted by atomic mass is 35.5. The Morgan fingerprint density at radius 2 is 2.00 bits per heavy atom. The third-order valence-corrected chi connectivity index (χ3v) is 9.66. The number of nitrogen functional groups attached to an aromatic ring is 1. The molecule has 41 heavy (non-hydrogen) atoms. The van der Waals surface area contributed by atoms with E-state index in [0.717, 1.165) is 24.2 Å². The summed E-state index contributed by atoms with van der Waals surface area (Å²) in [5, 5.41) is 8.67. The molecule has 1 aliphatic carbocycles. The summed E-state index contributed by atoms with van der Waals surface area (Å²) in [7, 11) is 0. The van der Waals surface area contributed by atoms with Crippen LogP contribution in [0.5, 0.6) is 5.75 Å². The summed E-state index contributed by atoms with van der Waals surface area (Å²) in [5.74, 6) is 0.427. The number of ether oxygens (including phenoxy) is 1. The van der Waals surface area contributed by atoms with Gasteiger partial charge in [-0.1, -0.05) is 34.5 Å². The minimum Gasteiger partial charge on any atom is -0.491 e. The molecule has 2 amide bonds. The van der Waals surface area contributed by atoms with Crippen LogP contribution in [0.2, 0.25) is 10.0 Å². The summed E-state index contributed by atoms with van der Waals surface area (Å²) in [6.45, 7) is 2.86. The van der Waals surface area contributed by atoms with E-state index in [1.165, 1.54) is 23.0 Å². The number of fused-ring (bicyclic) bond motifs is 3. The first kappa shape index (κ1) is 26.4. The predicted octanol–water partition coefficient (Wildman–Crippen LogP) is 5.43. The Kier molecular flexibility index (Phi) is 6.32. The number of aromatic nitrogens is 4. The van der Waals surface area contributed by atoms with Crippen molar-refractivity contribution in [3.63, 3.8) is 0 Å². The summed E-state index contributed by atoms with van der Waals surface area (Å²) in [6.07, 6.45) is 3.94. The molecule has 212 valence electrons. The second-order valence-corrected chi connectivity index (χ2v) is 12.3. The monoisotopic (exact) mass is 615 g/mol. The zero-order valence-electron chi connectivity index (χ0n) is 21.8. The molecular weight excluding hydrogens is 592 g/mol. The number of carbonyl (C=O) groups excluding carboxylic acids is 2. The summed E-state index contributed by atoms with van der Waals surface area (Å²) in [6, 6.07) is 3.62. The molecule has 10 nitrogen and oxygen atoms in total. The zero-order chi connectivity index (χ0) is 28.6. The van der Waals surface area contributed by atoms with Gasteiger partial charge in [-0.3, -0.25) is 4.79 Å². The van der Waals surface area contributed by atoms with Crippen molar-refractivity contribution in [3.8, 4) is 16.9 Å². The average molecular weight is 617 g/mol. The molecule has 2 aromatic carbocycles. The first-order chi connectivity index (χ1) is 19.7. The van der Waals surface area contributed by atoms with Gasteiger partial charge in [-0.25, -0.2) is 18.7 Å². The molecule has 4 heterocycles. The molecule has 14 heteroatoms. The normalized spacial score (nSPS) is 20.8. The Morgan fingerprint density at radius 3 is 2.78 bits per heavy atom. The van der Waals surface area contributed by atoms with Crippen molar-refractivity contribution in [1.82, 2.24) is 29.5 Å². The Morgan fingerprint density at radius 1 is 1.20 bits per heavy atom. The number of thiazole rings is 1. The molecule has 2 aromatic heterocycles. The fourth-order valence-corrected chi connectivity index (χ4v) is 7.38. The topological polar surface area (TPSA) is 119 Å². The second kappa shape index (κ2) is 9.81. The summed E-state index contributed by atoms with van der Waals surface area (Å²) in [4.78, 5) is 35.3. The van der Waals surface area contributed by atoms with Crippen LogP contribution in [0.25, 0.3) is 21.3 Å². The van der Waals surface area contributed by atoms with Gasteiger partial charge in [-0.05, 0) is 38.0 Å². The first-order valence-electron chi connectivity index (χ1n) is 13.3. The molecule has 7 rings (SSSR count). The third-order valence-electron chi connectivity index (χ3n) is 8.11. The maximum absolute atomic E-state index is 14.5. The molecule has 0 spiro atoms. The zero-order valence-corrected chi connectivity index (χ0v) is 24.1. The van der Waals surface area contributed by atoms with Crippen LogP contribution < -0.4 is 10.5 Å². The van der Waals surface area contributed by atoms with Crippen molar-refractivity contribution in [2.45, 2.75) is 44.2 Å². The maximum Gasteiger partial charge on any atom is 0.331 e. The van der Waals surface area contributed by atoms with Crippen LogP contribution in [0.3, 0.4) is 0 Å². The molecule has 1 saturated heterocycles. The fraction of sp³-hybridized carbons (Fsp3) is 0.370. The van der Waals surface area contributed by atoms with E-state index in [9.17, 15) is 14.0 Å². The van der Waals surface area contributed by atoms with Gasteiger partial charge in [0.25, 0.3) is 5.91 Å². The Bertz CT molecular complexity index is 1740. The van der Waals surface area contributed by atoms with Crippen LogP contribution in [-0.4, -0.2) is 73.3 Å². The van der Waals surface area contributed by atoms with Crippen LogP contribution in [0.1, 0.15) is 48.3 Å². The molecule has 2 atom stereocenters. The van der Waals surface area contributed by atoms with E-state index in [4.69, 9.17) is 33.7 Å². The molecule has 3 aliphatic rings. The lowest BCUT2D eigenvalue weighted by Crippen LogP contribution is -2.62. The van der Waals surface area contributed by atoms with Gasteiger partial charge in [0, 0.05) is 36.6 Å². The van der Waals surface area contributed by atoms with Gasteiger partial charge in [0.2, 0.25) is 0 Å². The highest BCUT2D eigenvalue weighted by molar-refractivity contribution is 7.22. The van der Waals surface area contributed by atoms with E-state index in [1.807, 2.05) is 6.92 Å². The third kappa shape index (κ3) is 4.22. The number of nitrogens with two attached hydrogens (primary N) is 1. The van der Waals surface area contributed by atoms with E-state index in [2.05, 4.69) is 15.2 Å². The van der Waals surface area contributed by atoms with Crippen molar-refractivity contribution in [2.24, 2.45) is 0 Å². The van der Waals surface area contributed by atoms with E-state index in [-0.39, 0.29) is 67.7 Å². The van der Waals surface area contributed by atoms with E-state index in [0.29, 0.717) is 42.0 Å². The van der Waals surface area contributed by atoms with E-state index >= 15 is 0 Å². The Hall–Kier alpha value is -3.48. The highest BCUT2D eigenvalue weighted by Gasteiger charge is 2.42. The number of hydrogen-bond acceptors (Lipinski definition) is 8. The summed E-state index contributed by atoms with van der Waals surface area (Å²) in [5.41, 5.74) is 7.31. The van der Waals surface area contributed by atoms with Crippen molar-refractivity contribution in [2.75, 3.05) is 25.4 Å². The van der Waals surface area contributed by atoms with Crippen molar-refractivity contribution >= 4 is 61.8 Å². The van der Waals surface area contributed by atoms with Crippen LogP contribution >= 0.6 is 34.5 Å². The quantitative estimate of drug-likeness (QED) is 0.319. The number of halogens is 3. The maximum atomic E-state index is 14.5. The molecule has 0 radical (unpaired) electrons. The van der Waals surface area contributed by atoms with Gasteiger partial charge in [-0.2, -0.15) is 0 Å². The van der Waals surface area contributed by atoms with Gasteiger partial charge >= 0.3 is 6.03 Å². The Balaban J connectivity index is 1.22. The minimum absolute atomic E-state index is 0.140. The van der Waals surface area contributed by atoms with Gasteiger partial charge in [-0.15, -0.1) is 10.2 Å². The van der Waals surface area contributed by atoms with Gasteiger partial charge in [0.05, 0.1) is 44.5 Å². The molecule has 4 aromatic rings. The first-order valence-corrected chi connectivity index (χ1v) is 14.8. The second-order valence-electron chi connectivity index (χ2n) is 10.5. The number of hydrogen-bond donors (Lipinski definition) is 1. The predicted molar refractivity (Wildman–Crippen MR) is 153 cm³/mol. The summed E-state index contributed by atoms with van der Waals surface area (Å²) >= 11 is 14.7. The lowest BCUT2D eigenvalue weighted by molar-refractivity contribution is 0.0250. The fourth-order valence-electron chi connectivity index (χ4n) is 5.90. The molecule has 2 N–H and O–H groups in total. The number of carbonyl (C=O) groups is 2. The van der Waals surface area contributed by atoms with Crippen LogP contribution in [0.15, 0.2) is 24.5 Å². The smallest absolute Gasteiger partial charge is 0.331 e. The molecule has 2 aliphatic heterocycles. The Labute approximate surface area is 247 Å². The largest absolute Gasteiger partial charge is 0.491 e. The van der Waals surface area contributed by atoms with Crippen molar-refractivity contribution in [1.29, 1.82) is 0 Å². The number of anilines is 1. The van der Waals surface area contributed by atoms with Crippen LogP contribution in [0.4, 0.5) is 14.3 Å². The minimum atomic E-state index is -0.450. The number of piperazine rings is 1. The SMILES string of the molecule is CC1C2CCOc3c(cc(Cl)c(-c4ccc(F)c5sc(N)nc45)c3Cl)C(=O)N2CCN1C(=O)n1cnnc1C1CC1. The number of amides is 2. The number of rotatable bonds is 2. The van der Waals surface area contributed by atoms with Crippen LogP contribution in [0, 0.1) is 5.82 Å². The van der Waals surface area contributed by atoms with Crippen LogP contribution in [-0.2, 0) is 0 Å². The van der Waals surface area contributed by atoms with Gasteiger partial charge in [0.1, 0.15) is 18.0 Å². The lowest BCUT2D eigenvalue weighted by atomic mass is 9.96. The van der Waals surface area contributed by atoms with E-state index in [1.54, 1.807) is 15.9 Å². The van der Waals surface area contributed by atoms with Crippen molar-refractivity contribution in [3.05, 3.63) is 51.8 Å². The van der Waals surface area contributed by atoms with Crippen molar-refractivity contribution < 1.29 is 18.7 Å². The molecule has 2 fully saturated rings. The summed E-state index contributed by atoms with van der Waals surface area (Å²) < 4.78 is 22.4. The number of benzene rings is 2. The highest BCUT2D eigenvalue weighted by Crippen LogP contribution is 2.47. The van der Waals surface area contributed by atoms with Gasteiger partial charge < -0.3 is 20.3 Å². The average Bonchev–Trinajstić information content (AvgIpc) is 3.52. The number of nitrogens with zero attached hydrogens (tertiary/aromatic N) is 6. The molecule has 0 bridgehead atoms. The van der Waals surface area contributed by atoms with Gasteiger partial charge in [0.15, 0.2) is 10.9 Å². The molecule has 1 saturated carbocycles. The molecule has 2 unspecified atom stereocenters.